The second-order valence-corrected chi connectivity index (χ2v) is 3.49. The van der Waals surface area contributed by atoms with Crippen LogP contribution in [0.3, 0.4) is 0 Å². The third kappa shape index (κ3) is 2.35. The quantitative estimate of drug-likeness (QED) is 0.865. The van der Waals surface area contributed by atoms with Crippen LogP contribution in [0.25, 0.3) is 5.69 Å². The summed E-state index contributed by atoms with van der Waals surface area (Å²) in [7, 11) is 1.59. The molecule has 0 aliphatic rings. The van der Waals surface area contributed by atoms with Gasteiger partial charge in [-0.2, -0.15) is 10.1 Å². The first-order valence-electron chi connectivity index (χ1n) is 5.42. The number of anilines is 1. The summed E-state index contributed by atoms with van der Waals surface area (Å²) in [5.74, 6) is 2.01. The number of aromatic nitrogens is 4. The van der Waals surface area contributed by atoms with Gasteiger partial charge in [0.25, 0.3) is 0 Å². The van der Waals surface area contributed by atoms with Gasteiger partial charge in [-0.1, -0.05) is 0 Å². The maximum Gasteiger partial charge on any atom is 0.241 e. The molecule has 2 aromatic rings. The molecular formula is C11H15N5O. The zero-order chi connectivity index (χ0) is 12.3. The van der Waals surface area contributed by atoms with E-state index in [1.807, 2.05) is 26.0 Å². The minimum Gasteiger partial charge on any atom is -0.479 e. The molecule has 6 nitrogen and oxygen atoms in total. The summed E-state index contributed by atoms with van der Waals surface area (Å²) >= 11 is 0. The van der Waals surface area contributed by atoms with Crippen molar-refractivity contribution >= 4 is 5.82 Å². The standard InChI is InChI=1S/C11H15N5O/c1-4-12-10-6-5-9(11(14-10)17-3)16-7-13-8(2)15-16/h5-7H,4H2,1-3H3,(H,12,14). The normalized spacial score (nSPS) is 10.3. The molecule has 0 unspecified atom stereocenters. The Hall–Kier alpha value is -2.11. The molecule has 2 aromatic heterocycles. The minimum absolute atomic E-state index is 0.522. The molecule has 0 aliphatic carbocycles. The molecule has 2 rings (SSSR count). The van der Waals surface area contributed by atoms with Crippen LogP contribution in [0.15, 0.2) is 18.5 Å². The first-order chi connectivity index (χ1) is 8.24. The Morgan fingerprint density at radius 2 is 2.24 bits per heavy atom. The van der Waals surface area contributed by atoms with Crippen LogP contribution in [0.4, 0.5) is 5.82 Å². The lowest BCUT2D eigenvalue weighted by molar-refractivity contribution is 0.395. The van der Waals surface area contributed by atoms with E-state index in [-0.39, 0.29) is 0 Å². The van der Waals surface area contributed by atoms with Gasteiger partial charge in [0.05, 0.1) is 7.11 Å². The van der Waals surface area contributed by atoms with Gasteiger partial charge in [-0.25, -0.2) is 9.67 Å². The van der Waals surface area contributed by atoms with Crippen molar-refractivity contribution in [3.63, 3.8) is 0 Å². The summed E-state index contributed by atoms with van der Waals surface area (Å²) in [6.45, 7) is 4.67. The molecule has 17 heavy (non-hydrogen) atoms. The van der Waals surface area contributed by atoms with Gasteiger partial charge in [0.2, 0.25) is 5.88 Å². The van der Waals surface area contributed by atoms with E-state index in [1.165, 1.54) is 0 Å². The van der Waals surface area contributed by atoms with Gasteiger partial charge in [-0.05, 0) is 26.0 Å². The van der Waals surface area contributed by atoms with Crippen molar-refractivity contribution in [1.29, 1.82) is 0 Å². The van der Waals surface area contributed by atoms with Crippen molar-refractivity contribution in [3.05, 3.63) is 24.3 Å². The van der Waals surface area contributed by atoms with E-state index in [4.69, 9.17) is 4.74 Å². The molecule has 0 fully saturated rings. The first-order valence-corrected chi connectivity index (χ1v) is 5.42. The highest BCUT2D eigenvalue weighted by atomic mass is 16.5. The second-order valence-electron chi connectivity index (χ2n) is 3.49. The zero-order valence-electron chi connectivity index (χ0n) is 10.1. The molecule has 2 heterocycles. The number of rotatable bonds is 4. The number of ether oxygens (including phenoxy) is 1. The van der Waals surface area contributed by atoms with Crippen LogP contribution in [0.1, 0.15) is 12.7 Å². The lowest BCUT2D eigenvalue weighted by atomic mass is 10.4. The van der Waals surface area contributed by atoms with Gasteiger partial charge in [-0.3, -0.25) is 0 Å². The predicted molar refractivity (Wildman–Crippen MR) is 64.6 cm³/mol. The second kappa shape index (κ2) is 4.82. The van der Waals surface area contributed by atoms with E-state index in [2.05, 4.69) is 20.4 Å². The zero-order valence-corrected chi connectivity index (χ0v) is 10.1. The van der Waals surface area contributed by atoms with Crippen LogP contribution in [0.5, 0.6) is 5.88 Å². The Labute approximate surface area is 99.7 Å². The van der Waals surface area contributed by atoms with E-state index < -0.39 is 0 Å². The summed E-state index contributed by atoms with van der Waals surface area (Å²) in [5.41, 5.74) is 0.773. The molecule has 0 atom stereocenters. The first kappa shape index (κ1) is 11.4. The highest BCUT2D eigenvalue weighted by molar-refractivity contribution is 5.48. The summed E-state index contributed by atoms with van der Waals surface area (Å²) in [4.78, 5) is 8.42. The molecule has 0 aromatic carbocycles. The smallest absolute Gasteiger partial charge is 0.241 e. The number of nitrogens with one attached hydrogen (secondary N) is 1. The molecule has 0 spiro atoms. The topological polar surface area (TPSA) is 64.9 Å². The number of pyridine rings is 1. The van der Waals surface area contributed by atoms with Gasteiger partial charge in [0.1, 0.15) is 23.7 Å². The van der Waals surface area contributed by atoms with E-state index in [9.17, 15) is 0 Å². The van der Waals surface area contributed by atoms with Crippen LogP contribution in [0.2, 0.25) is 0 Å². The molecule has 6 heteroatoms. The molecular weight excluding hydrogens is 218 g/mol. The number of hydrogen-bond acceptors (Lipinski definition) is 5. The van der Waals surface area contributed by atoms with Gasteiger partial charge in [0.15, 0.2) is 0 Å². The molecule has 0 aliphatic heterocycles. The van der Waals surface area contributed by atoms with E-state index in [0.717, 1.165) is 18.1 Å². The van der Waals surface area contributed by atoms with Crippen LogP contribution >= 0.6 is 0 Å². The number of methoxy groups -OCH3 is 1. The summed E-state index contributed by atoms with van der Waals surface area (Å²) in [5, 5.41) is 7.36. The van der Waals surface area contributed by atoms with E-state index in [1.54, 1.807) is 18.1 Å². The summed E-state index contributed by atoms with van der Waals surface area (Å²) < 4.78 is 6.91. The average molecular weight is 233 g/mol. The maximum absolute atomic E-state index is 5.26. The fraction of sp³-hybridized carbons (Fsp3) is 0.364. The number of aryl methyl sites for hydroxylation is 1. The van der Waals surface area contributed by atoms with Crippen LogP contribution < -0.4 is 10.1 Å². The van der Waals surface area contributed by atoms with E-state index >= 15 is 0 Å². The Balaban J connectivity index is 2.40. The van der Waals surface area contributed by atoms with Crippen LogP contribution in [-0.2, 0) is 0 Å². The van der Waals surface area contributed by atoms with E-state index in [0.29, 0.717) is 11.7 Å². The van der Waals surface area contributed by atoms with Gasteiger partial charge in [0, 0.05) is 6.54 Å². The highest BCUT2D eigenvalue weighted by Gasteiger charge is 2.09. The van der Waals surface area contributed by atoms with Crippen LogP contribution in [0, 0.1) is 6.92 Å². The Morgan fingerprint density at radius 3 is 2.82 bits per heavy atom. The van der Waals surface area contributed by atoms with Gasteiger partial charge < -0.3 is 10.1 Å². The molecule has 0 saturated heterocycles. The van der Waals surface area contributed by atoms with Crippen molar-refractivity contribution in [2.24, 2.45) is 0 Å². The molecule has 0 amide bonds. The number of hydrogen-bond donors (Lipinski definition) is 1. The fourth-order valence-corrected chi connectivity index (χ4v) is 1.50. The minimum atomic E-state index is 0.522. The predicted octanol–water partition coefficient (Wildman–Crippen LogP) is 1.41. The van der Waals surface area contributed by atoms with Crippen molar-refractivity contribution in [2.75, 3.05) is 19.0 Å². The lowest BCUT2D eigenvalue weighted by Crippen LogP contribution is -2.04. The third-order valence-electron chi connectivity index (χ3n) is 2.24. The van der Waals surface area contributed by atoms with Gasteiger partial charge in [-0.15, -0.1) is 0 Å². The SMILES string of the molecule is CCNc1ccc(-n2cnc(C)n2)c(OC)n1. The van der Waals surface area contributed by atoms with Crippen molar-refractivity contribution in [2.45, 2.75) is 13.8 Å². The van der Waals surface area contributed by atoms with Crippen LogP contribution in [-0.4, -0.2) is 33.4 Å². The van der Waals surface area contributed by atoms with Crippen molar-refractivity contribution in [1.82, 2.24) is 19.7 Å². The maximum atomic E-state index is 5.26. The Morgan fingerprint density at radius 1 is 1.41 bits per heavy atom. The molecule has 90 valence electrons. The Kier molecular flexibility index (Phi) is 3.22. The molecule has 0 saturated carbocycles. The Bertz CT molecular complexity index is 508. The molecule has 0 bridgehead atoms. The lowest BCUT2D eigenvalue weighted by Gasteiger charge is -2.09. The van der Waals surface area contributed by atoms with Crippen molar-refractivity contribution < 1.29 is 4.74 Å². The number of nitrogens with zero attached hydrogens (tertiary/aromatic N) is 4. The average Bonchev–Trinajstić information content (AvgIpc) is 2.76. The third-order valence-corrected chi connectivity index (χ3v) is 2.24. The van der Waals surface area contributed by atoms with Crippen molar-refractivity contribution in [3.8, 4) is 11.6 Å². The summed E-state index contributed by atoms with van der Waals surface area (Å²) in [6, 6.07) is 3.79. The monoisotopic (exact) mass is 233 g/mol. The summed E-state index contributed by atoms with van der Waals surface area (Å²) in [6.07, 6.45) is 1.64. The van der Waals surface area contributed by atoms with Gasteiger partial charge >= 0.3 is 0 Å². The largest absolute Gasteiger partial charge is 0.479 e. The molecule has 0 radical (unpaired) electrons. The highest BCUT2D eigenvalue weighted by Crippen LogP contribution is 2.21. The molecule has 1 N–H and O–H groups in total. The fourth-order valence-electron chi connectivity index (χ4n) is 1.50.